The van der Waals surface area contributed by atoms with Gasteiger partial charge in [-0.05, 0) is 92.3 Å². The molecule has 0 aliphatic heterocycles. The topological polar surface area (TPSA) is 38.7 Å². The van der Waals surface area contributed by atoms with Gasteiger partial charge < -0.3 is 0 Å². The monoisotopic (exact) mass is 505 g/mol. The Morgan fingerprint density at radius 3 is 1.47 bits per heavy atom. The summed E-state index contributed by atoms with van der Waals surface area (Å²) in [7, 11) is 0. The fourth-order valence-corrected chi connectivity index (χ4v) is 4.78. The largest absolute Gasteiger partial charge is 0.208 e. The van der Waals surface area contributed by atoms with Crippen molar-refractivity contribution in [1.29, 1.82) is 0 Å². The molecule has 1 aromatic heterocycles. The number of aromatic nitrogens is 3. The van der Waals surface area contributed by atoms with Crippen LogP contribution in [0.2, 0.25) is 0 Å². The van der Waals surface area contributed by atoms with Crippen molar-refractivity contribution in [2.24, 2.45) is 11.8 Å². The molecule has 0 amide bonds. The zero-order valence-electron chi connectivity index (χ0n) is 24.3. The summed E-state index contributed by atoms with van der Waals surface area (Å²) in [4.78, 5) is 14.8. The molecule has 0 radical (unpaired) electrons. The predicted molar refractivity (Wildman–Crippen MR) is 161 cm³/mol. The zero-order valence-corrected chi connectivity index (χ0v) is 24.3. The van der Waals surface area contributed by atoms with Gasteiger partial charge in [-0.25, -0.2) is 15.0 Å². The Hall–Kier alpha value is -3.33. The van der Waals surface area contributed by atoms with Crippen molar-refractivity contribution < 1.29 is 0 Å². The molecule has 1 heterocycles. The minimum atomic E-state index is 0.714. The smallest absolute Gasteiger partial charge is 0.164 e. The van der Waals surface area contributed by atoms with E-state index >= 15 is 0 Å². The average Bonchev–Trinajstić information content (AvgIpc) is 2.90. The number of hydrogen-bond donors (Lipinski definition) is 0. The first-order chi connectivity index (χ1) is 18.2. The molecular weight excluding hydrogens is 462 g/mol. The van der Waals surface area contributed by atoms with Crippen LogP contribution < -0.4 is 0 Å². The molecule has 0 saturated carbocycles. The van der Waals surface area contributed by atoms with Crippen LogP contribution >= 0.6 is 0 Å². The van der Waals surface area contributed by atoms with E-state index in [0.717, 1.165) is 40.8 Å². The highest BCUT2D eigenvalue weighted by Gasteiger charge is 2.14. The summed E-state index contributed by atoms with van der Waals surface area (Å²) in [5.41, 5.74) is 9.44. The molecular formula is C35H43N3. The van der Waals surface area contributed by atoms with Gasteiger partial charge in [0.05, 0.1) is 0 Å². The van der Waals surface area contributed by atoms with Gasteiger partial charge in [-0.2, -0.15) is 0 Å². The Bertz CT molecular complexity index is 1300. The average molecular weight is 506 g/mol. The lowest BCUT2D eigenvalue weighted by atomic mass is 9.94. The van der Waals surface area contributed by atoms with Crippen LogP contribution in [0.15, 0.2) is 60.7 Å². The first-order valence-electron chi connectivity index (χ1n) is 14.2. The summed E-state index contributed by atoms with van der Waals surface area (Å²) in [5.74, 6) is 3.71. The molecule has 1 unspecified atom stereocenters. The van der Waals surface area contributed by atoms with Crippen LogP contribution in [0.1, 0.15) is 74.3 Å². The predicted octanol–water partition coefficient (Wildman–Crippen LogP) is 9.50. The Balaban J connectivity index is 1.61. The SMILES string of the molecule is Cc1ccc(-c2nc(-c3ccc(CCC(C)CCCC(C)C)cc3)nc(-c3ccc(C)c(C)c3)n2)cc1C. The second-order valence-corrected chi connectivity index (χ2v) is 11.6. The van der Waals surface area contributed by atoms with Crippen LogP contribution in [-0.2, 0) is 6.42 Å². The fourth-order valence-electron chi connectivity index (χ4n) is 4.78. The number of nitrogens with zero attached hydrogens (tertiary/aromatic N) is 3. The molecule has 0 bridgehead atoms. The fraction of sp³-hybridized carbons (Fsp3) is 0.400. The van der Waals surface area contributed by atoms with Gasteiger partial charge in [0.1, 0.15) is 0 Å². The van der Waals surface area contributed by atoms with Gasteiger partial charge in [-0.1, -0.05) is 88.6 Å². The van der Waals surface area contributed by atoms with Gasteiger partial charge in [0.15, 0.2) is 17.5 Å². The normalized spacial score (nSPS) is 12.2. The molecule has 1 atom stereocenters. The molecule has 0 aliphatic rings. The van der Waals surface area contributed by atoms with Crippen molar-refractivity contribution >= 4 is 0 Å². The van der Waals surface area contributed by atoms with Crippen molar-refractivity contribution in [3.63, 3.8) is 0 Å². The third kappa shape index (κ3) is 7.16. The summed E-state index contributed by atoms with van der Waals surface area (Å²) in [6, 6.07) is 21.7. The van der Waals surface area contributed by atoms with Gasteiger partial charge in [-0.3, -0.25) is 0 Å². The maximum absolute atomic E-state index is 4.94. The van der Waals surface area contributed by atoms with Crippen LogP contribution in [0, 0.1) is 39.5 Å². The van der Waals surface area contributed by atoms with Gasteiger partial charge in [0.25, 0.3) is 0 Å². The van der Waals surface area contributed by atoms with E-state index in [4.69, 9.17) is 15.0 Å². The van der Waals surface area contributed by atoms with Gasteiger partial charge in [0, 0.05) is 16.7 Å². The molecule has 4 aromatic rings. The Kier molecular flexibility index (Phi) is 9.09. The van der Waals surface area contributed by atoms with Crippen molar-refractivity contribution in [2.45, 2.75) is 80.6 Å². The highest BCUT2D eigenvalue weighted by atomic mass is 15.0. The van der Waals surface area contributed by atoms with Gasteiger partial charge in [0.2, 0.25) is 0 Å². The molecule has 3 aromatic carbocycles. The van der Waals surface area contributed by atoms with E-state index in [1.165, 1.54) is 53.5 Å². The first kappa shape index (κ1) is 27.7. The molecule has 198 valence electrons. The van der Waals surface area contributed by atoms with E-state index in [9.17, 15) is 0 Å². The van der Waals surface area contributed by atoms with Gasteiger partial charge in [-0.15, -0.1) is 0 Å². The quantitative estimate of drug-likeness (QED) is 0.215. The highest BCUT2D eigenvalue weighted by molar-refractivity contribution is 5.67. The molecule has 4 rings (SSSR count). The third-order valence-corrected chi connectivity index (χ3v) is 7.78. The lowest BCUT2D eigenvalue weighted by Crippen LogP contribution is -2.01. The van der Waals surface area contributed by atoms with E-state index in [1.807, 2.05) is 0 Å². The van der Waals surface area contributed by atoms with Crippen LogP contribution in [0.25, 0.3) is 34.2 Å². The Morgan fingerprint density at radius 1 is 0.526 bits per heavy atom. The van der Waals surface area contributed by atoms with Crippen LogP contribution in [0.4, 0.5) is 0 Å². The molecule has 3 nitrogen and oxygen atoms in total. The molecule has 0 N–H and O–H groups in total. The van der Waals surface area contributed by atoms with E-state index in [0.29, 0.717) is 11.6 Å². The van der Waals surface area contributed by atoms with Crippen molar-refractivity contribution in [3.8, 4) is 34.2 Å². The first-order valence-corrected chi connectivity index (χ1v) is 14.2. The molecule has 0 spiro atoms. The number of aryl methyl sites for hydroxylation is 5. The standard InChI is InChI=1S/C35H43N3/c1-23(2)9-8-10-24(3)11-14-29-15-19-30(20-16-29)33-36-34(31-17-12-25(4)27(6)21-31)38-35(37-33)32-18-13-26(5)28(7)22-32/h12-13,15-24H,8-11,14H2,1-7H3. The number of rotatable bonds is 10. The molecule has 0 saturated heterocycles. The summed E-state index contributed by atoms with van der Waals surface area (Å²) in [6.07, 6.45) is 6.34. The van der Waals surface area contributed by atoms with Crippen molar-refractivity contribution in [1.82, 2.24) is 15.0 Å². The highest BCUT2D eigenvalue weighted by Crippen LogP contribution is 2.27. The summed E-state index contributed by atoms with van der Waals surface area (Å²) in [6.45, 7) is 15.5. The maximum Gasteiger partial charge on any atom is 0.164 e. The van der Waals surface area contributed by atoms with Crippen molar-refractivity contribution in [3.05, 3.63) is 88.5 Å². The third-order valence-electron chi connectivity index (χ3n) is 7.78. The lowest BCUT2D eigenvalue weighted by molar-refractivity contribution is 0.437. The molecule has 3 heteroatoms. The summed E-state index contributed by atoms with van der Waals surface area (Å²) >= 11 is 0. The Morgan fingerprint density at radius 2 is 1.00 bits per heavy atom. The molecule has 38 heavy (non-hydrogen) atoms. The van der Waals surface area contributed by atoms with Crippen LogP contribution in [0.5, 0.6) is 0 Å². The second-order valence-electron chi connectivity index (χ2n) is 11.6. The molecule has 0 aliphatic carbocycles. The Labute approximate surface area is 229 Å². The number of benzene rings is 3. The van der Waals surface area contributed by atoms with Crippen LogP contribution in [-0.4, -0.2) is 15.0 Å². The lowest BCUT2D eigenvalue weighted by Gasteiger charge is -2.13. The van der Waals surface area contributed by atoms with E-state index in [1.54, 1.807) is 0 Å². The van der Waals surface area contributed by atoms with E-state index < -0.39 is 0 Å². The summed E-state index contributed by atoms with van der Waals surface area (Å²) in [5, 5.41) is 0. The van der Waals surface area contributed by atoms with Gasteiger partial charge >= 0.3 is 0 Å². The van der Waals surface area contributed by atoms with Crippen LogP contribution in [0.3, 0.4) is 0 Å². The van der Waals surface area contributed by atoms with E-state index in [-0.39, 0.29) is 0 Å². The maximum atomic E-state index is 4.94. The second kappa shape index (κ2) is 12.5. The van der Waals surface area contributed by atoms with Crippen molar-refractivity contribution in [2.75, 3.05) is 0 Å². The molecule has 0 fully saturated rings. The number of hydrogen-bond acceptors (Lipinski definition) is 3. The zero-order chi connectivity index (χ0) is 27.2. The van der Waals surface area contributed by atoms with E-state index in [2.05, 4.69) is 109 Å². The minimum Gasteiger partial charge on any atom is -0.208 e. The summed E-state index contributed by atoms with van der Waals surface area (Å²) < 4.78 is 0. The minimum absolute atomic E-state index is 0.714.